The molecule has 0 amide bonds. The second kappa shape index (κ2) is 3.17. The third kappa shape index (κ3) is 1.69. The van der Waals surface area contributed by atoms with Gasteiger partial charge in [0.05, 0.1) is 5.69 Å². The molecule has 0 atom stereocenters. The summed E-state index contributed by atoms with van der Waals surface area (Å²) < 4.78 is 0. The summed E-state index contributed by atoms with van der Waals surface area (Å²) in [5.41, 5.74) is 1.43. The molecule has 1 rings (SSSR count). The smallest absolute Gasteiger partial charge is 0.354 e. The predicted octanol–water partition coefficient (Wildman–Crippen LogP) is 1.81. The first-order valence-corrected chi connectivity index (χ1v) is 3.47. The number of aromatic nitrogens is 1. The monoisotopic (exact) mass is 163 g/mol. The molecule has 0 aliphatic carbocycles. The van der Waals surface area contributed by atoms with Crippen LogP contribution in [0.15, 0.2) is 24.8 Å². The summed E-state index contributed by atoms with van der Waals surface area (Å²) in [6, 6.07) is 4.84. The number of hydrogen-bond acceptors (Lipinski definition) is 2. The van der Waals surface area contributed by atoms with Gasteiger partial charge in [-0.3, -0.25) is 0 Å². The molecule has 0 bridgehead atoms. The van der Waals surface area contributed by atoms with Crippen LogP contribution in [0.2, 0.25) is 0 Å². The Hall–Kier alpha value is -1.64. The van der Waals surface area contributed by atoms with E-state index in [4.69, 9.17) is 5.11 Å². The van der Waals surface area contributed by atoms with E-state index in [1.165, 1.54) is 6.07 Å². The molecule has 0 aliphatic rings. The largest absolute Gasteiger partial charge is 0.477 e. The number of carboxylic acids is 1. The molecule has 0 unspecified atom stereocenters. The van der Waals surface area contributed by atoms with Crippen molar-refractivity contribution in [2.45, 2.75) is 6.92 Å². The average Bonchev–Trinajstić information content (AvgIpc) is 2.04. The second-order valence-electron chi connectivity index (χ2n) is 2.49. The van der Waals surface area contributed by atoms with Gasteiger partial charge >= 0.3 is 5.97 Å². The quantitative estimate of drug-likeness (QED) is 0.723. The number of pyridine rings is 1. The molecule has 3 nitrogen and oxygen atoms in total. The van der Waals surface area contributed by atoms with Crippen LogP contribution in [0, 0.1) is 0 Å². The second-order valence-corrected chi connectivity index (χ2v) is 2.49. The molecule has 1 heterocycles. The molecule has 1 aromatic heterocycles. The van der Waals surface area contributed by atoms with Crippen LogP contribution in [0.5, 0.6) is 0 Å². The molecule has 3 heteroatoms. The number of carboxylic acid groups (broad SMARTS) is 1. The fourth-order valence-electron chi connectivity index (χ4n) is 0.792. The predicted molar refractivity (Wildman–Crippen MR) is 45.9 cm³/mol. The Morgan fingerprint density at radius 1 is 1.50 bits per heavy atom. The Balaban J connectivity index is 3.12. The van der Waals surface area contributed by atoms with Crippen molar-refractivity contribution in [3.63, 3.8) is 0 Å². The highest BCUT2D eigenvalue weighted by molar-refractivity contribution is 5.85. The molecular formula is C9H9NO2. The van der Waals surface area contributed by atoms with E-state index < -0.39 is 5.97 Å². The van der Waals surface area contributed by atoms with Gasteiger partial charge in [0, 0.05) is 0 Å². The average molecular weight is 163 g/mol. The van der Waals surface area contributed by atoms with E-state index in [1.807, 2.05) is 0 Å². The topological polar surface area (TPSA) is 50.2 Å². The van der Waals surface area contributed by atoms with E-state index >= 15 is 0 Å². The lowest BCUT2D eigenvalue weighted by molar-refractivity contribution is 0.0690. The van der Waals surface area contributed by atoms with Crippen molar-refractivity contribution in [3.05, 3.63) is 36.2 Å². The van der Waals surface area contributed by atoms with Crippen LogP contribution in [0.3, 0.4) is 0 Å². The standard InChI is InChI=1S/C9H9NO2/c1-6(2)7-4-3-5-8(10-7)9(11)12/h3-5H,1H2,2H3,(H,11,12). The highest BCUT2D eigenvalue weighted by Gasteiger charge is 2.04. The van der Waals surface area contributed by atoms with Crippen molar-refractivity contribution in [1.29, 1.82) is 0 Å². The fourth-order valence-corrected chi connectivity index (χ4v) is 0.792. The zero-order valence-electron chi connectivity index (χ0n) is 6.74. The maximum atomic E-state index is 10.5. The minimum Gasteiger partial charge on any atom is -0.477 e. The van der Waals surface area contributed by atoms with E-state index in [0.717, 1.165) is 5.57 Å². The van der Waals surface area contributed by atoms with E-state index in [2.05, 4.69) is 11.6 Å². The molecule has 0 spiro atoms. The van der Waals surface area contributed by atoms with Crippen molar-refractivity contribution >= 4 is 11.5 Å². The maximum absolute atomic E-state index is 10.5. The normalized spacial score (nSPS) is 9.42. The number of hydrogen-bond donors (Lipinski definition) is 1. The Labute approximate surface area is 70.4 Å². The lowest BCUT2D eigenvalue weighted by Gasteiger charge is -1.98. The molecule has 1 aromatic rings. The summed E-state index contributed by atoms with van der Waals surface area (Å²) >= 11 is 0. The zero-order chi connectivity index (χ0) is 9.14. The number of nitrogens with zero attached hydrogens (tertiary/aromatic N) is 1. The lowest BCUT2D eigenvalue weighted by Crippen LogP contribution is -2.01. The molecule has 0 saturated heterocycles. The van der Waals surface area contributed by atoms with E-state index in [1.54, 1.807) is 19.1 Å². The van der Waals surface area contributed by atoms with Gasteiger partial charge in [-0.2, -0.15) is 0 Å². The number of allylic oxidation sites excluding steroid dienone is 1. The van der Waals surface area contributed by atoms with Crippen LogP contribution in [-0.2, 0) is 0 Å². The summed E-state index contributed by atoms with van der Waals surface area (Å²) in [6.45, 7) is 5.46. The van der Waals surface area contributed by atoms with Crippen LogP contribution in [0.1, 0.15) is 23.1 Å². The number of rotatable bonds is 2. The number of aromatic carboxylic acids is 1. The van der Waals surface area contributed by atoms with Crippen molar-refractivity contribution in [1.82, 2.24) is 4.98 Å². The van der Waals surface area contributed by atoms with E-state index in [-0.39, 0.29) is 5.69 Å². The van der Waals surface area contributed by atoms with Gasteiger partial charge in [0.15, 0.2) is 0 Å². The van der Waals surface area contributed by atoms with Crippen molar-refractivity contribution < 1.29 is 9.90 Å². The zero-order valence-corrected chi connectivity index (χ0v) is 6.74. The first-order chi connectivity index (χ1) is 5.61. The fraction of sp³-hybridized carbons (Fsp3) is 0.111. The molecule has 0 saturated carbocycles. The molecule has 0 aliphatic heterocycles. The molecule has 0 aromatic carbocycles. The van der Waals surface area contributed by atoms with E-state index in [0.29, 0.717) is 5.69 Å². The van der Waals surface area contributed by atoms with Crippen LogP contribution in [0.25, 0.3) is 5.57 Å². The molecule has 0 fully saturated rings. The van der Waals surface area contributed by atoms with Gasteiger partial charge in [-0.05, 0) is 24.6 Å². The SMILES string of the molecule is C=C(C)c1cccc(C(=O)O)n1. The van der Waals surface area contributed by atoms with Gasteiger partial charge in [-0.1, -0.05) is 12.6 Å². The summed E-state index contributed by atoms with van der Waals surface area (Å²) in [7, 11) is 0. The first-order valence-electron chi connectivity index (χ1n) is 3.47. The van der Waals surface area contributed by atoms with Crippen molar-refractivity contribution in [3.8, 4) is 0 Å². The molecule has 12 heavy (non-hydrogen) atoms. The van der Waals surface area contributed by atoms with Crippen molar-refractivity contribution in [2.24, 2.45) is 0 Å². The Morgan fingerprint density at radius 2 is 2.08 bits per heavy atom. The van der Waals surface area contributed by atoms with Gasteiger partial charge in [0.1, 0.15) is 5.69 Å². The Bertz CT molecular complexity index is 302. The summed E-state index contributed by atoms with van der Waals surface area (Å²) in [4.78, 5) is 14.4. The third-order valence-electron chi connectivity index (χ3n) is 1.41. The highest BCUT2D eigenvalue weighted by Crippen LogP contribution is 2.08. The van der Waals surface area contributed by atoms with Crippen molar-refractivity contribution in [2.75, 3.05) is 0 Å². The summed E-state index contributed by atoms with van der Waals surface area (Å²) in [5.74, 6) is -1.02. The third-order valence-corrected chi connectivity index (χ3v) is 1.41. The van der Waals surface area contributed by atoms with Gasteiger partial charge in [-0.25, -0.2) is 9.78 Å². The van der Waals surface area contributed by atoms with Gasteiger partial charge in [0.2, 0.25) is 0 Å². The maximum Gasteiger partial charge on any atom is 0.354 e. The lowest BCUT2D eigenvalue weighted by atomic mass is 10.2. The minimum atomic E-state index is -1.02. The van der Waals surface area contributed by atoms with Crippen LogP contribution < -0.4 is 0 Å². The highest BCUT2D eigenvalue weighted by atomic mass is 16.4. The molecular weight excluding hydrogens is 154 g/mol. The minimum absolute atomic E-state index is 0.0514. The first kappa shape index (κ1) is 8.46. The summed E-state index contributed by atoms with van der Waals surface area (Å²) in [5, 5.41) is 8.60. The van der Waals surface area contributed by atoms with Gasteiger partial charge in [0.25, 0.3) is 0 Å². The van der Waals surface area contributed by atoms with Gasteiger partial charge < -0.3 is 5.11 Å². The van der Waals surface area contributed by atoms with Gasteiger partial charge in [-0.15, -0.1) is 0 Å². The van der Waals surface area contributed by atoms with Crippen LogP contribution >= 0.6 is 0 Å². The Kier molecular flexibility index (Phi) is 2.24. The Morgan fingerprint density at radius 3 is 2.58 bits per heavy atom. The summed E-state index contributed by atoms with van der Waals surface area (Å²) in [6.07, 6.45) is 0. The molecule has 1 N–H and O–H groups in total. The van der Waals surface area contributed by atoms with Crippen LogP contribution in [-0.4, -0.2) is 16.1 Å². The number of carbonyl (C=O) groups is 1. The molecule has 62 valence electrons. The van der Waals surface area contributed by atoms with E-state index in [9.17, 15) is 4.79 Å². The van der Waals surface area contributed by atoms with Crippen LogP contribution in [0.4, 0.5) is 0 Å². The molecule has 0 radical (unpaired) electrons.